The third-order valence-electron chi connectivity index (χ3n) is 3.69. The molecule has 0 aliphatic rings. The van der Waals surface area contributed by atoms with Crippen molar-refractivity contribution in [2.45, 2.75) is 38.6 Å². The highest BCUT2D eigenvalue weighted by Gasteiger charge is 2.23. The van der Waals surface area contributed by atoms with Gasteiger partial charge in [0.05, 0.1) is 0 Å². The second-order valence-electron chi connectivity index (χ2n) is 6.19. The van der Waals surface area contributed by atoms with Crippen molar-refractivity contribution >= 4 is 23.0 Å². The van der Waals surface area contributed by atoms with Crippen LogP contribution in [0.25, 0.3) is 0 Å². The second kappa shape index (κ2) is 7.36. The fourth-order valence-corrected chi connectivity index (χ4v) is 2.97. The molecule has 0 saturated carbocycles. The van der Waals surface area contributed by atoms with Crippen LogP contribution in [0.2, 0.25) is 0 Å². The molecule has 2 rings (SSSR count). The Morgan fingerprint density at radius 3 is 2.41 bits per heavy atom. The molecule has 0 fully saturated rings. The number of pyridine rings is 1. The Balaban J connectivity index is 1.89. The van der Waals surface area contributed by atoms with E-state index in [9.17, 15) is 0 Å². The maximum absolute atomic E-state index is 5.38. The number of benzene rings is 1. The number of thiocarbonyl (C=S) groups is 1. The molecular weight excluding hydrogens is 290 g/mol. The molecule has 0 saturated heterocycles. The van der Waals surface area contributed by atoms with Gasteiger partial charge in [-0.3, -0.25) is 4.98 Å². The lowest BCUT2D eigenvalue weighted by molar-refractivity contribution is 0.420. The topological polar surface area (TPSA) is 37.0 Å². The minimum absolute atomic E-state index is 0.0972. The van der Waals surface area contributed by atoms with Crippen molar-refractivity contribution in [1.82, 2.24) is 10.3 Å². The van der Waals surface area contributed by atoms with E-state index in [1.54, 1.807) is 12.4 Å². The molecule has 0 spiro atoms. The molecule has 0 aliphatic heterocycles. The zero-order valence-corrected chi connectivity index (χ0v) is 14.2. The van der Waals surface area contributed by atoms with E-state index in [2.05, 4.69) is 66.7 Å². The molecule has 1 heterocycles. The van der Waals surface area contributed by atoms with E-state index < -0.39 is 0 Å². The molecule has 116 valence electrons. The third-order valence-corrected chi connectivity index (χ3v) is 3.91. The highest BCUT2D eigenvalue weighted by Crippen LogP contribution is 2.28. The summed E-state index contributed by atoms with van der Waals surface area (Å²) in [6.45, 7) is 6.69. The molecule has 1 aromatic heterocycles. The monoisotopic (exact) mass is 313 g/mol. The van der Waals surface area contributed by atoms with Crippen molar-refractivity contribution in [1.29, 1.82) is 0 Å². The van der Waals surface area contributed by atoms with Crippen LogP contribution in [0.4, 0.5) is 5.69 Å². The molecule has 0 aliphatic carbocycles. The van der Waals surface area contributed by atoms with Gasteiger partial charge in [-0.15, -0.1) is 0 Å². The summed E-state index contributed by atoms with van der Waals surface area (Å²) in [5, 5.41) is 7.17. The van der Waals surface area contributed by atoms with Crippen molar-refractivity contribution < 1.29 is 0 Å². The highest BCUT2D eigenvalue weighted by atomic mass is 32.1. The largest absolute Gasteiger partial charge is 0.360 e. The van der Waals surface area contributed by atoms with Gasteiger partial charge < -0.3 is 10.6 Å². The Morgan fingerprint density at radius 2 is 1.77 bits per heavy atom. The van der Waals surface area contributed by atoms with Crippen LogP contribution < -0.4 is 10.6 Å². The first kappa shape index (κ1) is 16.4. The number of anilines is 1. The van der Waals surface area contributed by atoms with Crippen molar-refractivity contribution in [3.63, 3.8) is 0 Å². The Labute approximate surface area is 138 Å². The Kier molecular flexibility index (Phi) is 5.50. The number of aromatic nitrogens is 1. The number of hydrogen-bond donors (Lipinski definition) is 2. The molecule has 0 unspecified atom stereocenters. The van der Waals surface area contributed by atoms with Crippen LogP contribution in [0.3, 0.4) is 0 Å². The van der Waals surface area contributed by atoms with Crippen molar-refractivity contribution in [2.75, 3.05) is 5.32 Å². The van der Waals surface area contributed by atoms with Crippen molar-refractivity contribution in [3.8, 4) is 0 Å². The predicted molar refractivity (Wildman–Crippen MR) is 97.1 cm³/mol. The van der Waals surface area contributed by atoms with E-state index in [-0.39, 0.29) is 11.5 Å². The van der Waals surface area contributed by atoms with Crippen LogP contribution in [0, 0.1) is 0 Å². The summed E-state index contributed by atoms with van der Waals surface area (Å²) < 4.78 is 0. The molecule has 4 heteroatoms. The van der Waals surface area contributed by atoms with Gasteiger partial charge in [-0.1, -0.05) is 44.2 Å². The number of nitrogens with one attached hydrogen (secondary N) is 2. The van der Waals surface area contributed by atoms with Crippen LogP contribution >= 0.6 is 12.2 Å². The van der Waals surface area contributed by atoms with Crippen LogP contribution in [-0.2, 0) is 5.41 Å². The summed E-state index contributed by atoms with van der Waals surface area (Å²) in [6, 6.07) is 14.7. The zero-order chi connectivity index (χ0) is 16.0. The van der Waals surface area contributed by atoms with Gasteiger partial charge in [0, 0.05) is 24.1 Å². The van der Waals surface area contributed by atoms with Gasteiger partial charge in [-0.25, -0.2) is 0 Å². The van der Waals surface area contributed by atoms with Crippen LogP contribution in [0.5, 0.6) is 0 Å². The van der Waals surface area contributed by atoms with E-state index >= 15 is 0 Å². The molecule has 2 N–H and O–H groups in total. The summed E-state index contributed by atoms with van der Waals surface area (Å²) >= 11 is 5.38. The molecule has 0 radical (unpaired) electrons. The summed E-state index contributed by atoms with van der Waals surface area (Å²) in [6.07, 6.45) is 4.48. The van der Waals surface area contributed by atoms with Crippen molar-refractivity contribution in [3.05, 3.63) is 60.4 Å². The van der Waals surface area contributed by atoms with Gasteiger partial charge in [0.25, 0.3) is 0 Å². The lowest BCUT2D eigenvalue weighted by atomic mass is 9.79. The van der Waals surface area contributed by atoms with Crippen LogP contribution in [0.15, 0.2) is 54.9 Å². The standard InChI is InChI=1S/C18H23N3S/c1-14(13-18(2,3)15-7-5-4-6-8-15)20-17(22)21-16-9-11-19-12-10-16/h4-12,14H,13H2,1-3H3,(H2,19,20,21,22)/t14-/m0/s1. The lowest BCUT2D eigenvalue weighted by Gasteiger charge is -2.29. The number of rotatable bonds is 5. The molecule has 1 atom stereocenters. The van der Waals surface area contributed by atoms with Gasteiger partial charge in [-0.05, 0) is 48.7 Å². The van der Waals surface area contributed by atoms with E-state index in [1.165, 1.54) is 5.56 Å². The molecule has 0 amide bonds. The molecule has 22 heavy (non-hydrogen) atoms. The minimum Gasteiger partial charge on any atom is -0.360 e. The lowest BCUT2D eigenvalue weighted by Crippen LogP contribution is -2.39. The van der Waals surface area contributed by atoms with Gasteiger partial charge in [0.1, 0.15) is 0 Å². The first-order valence-corrected chi connectivity index (χ1v) is 7.91. The maximum atomic E-state index is 5.38. The van der Waals surface area contributed by atoms with E-state index in [1.807, 2.05) is 12.1 Å². The molecular formula is C18H23N3S. The summed E-state index contributed by atoms with van der Waals surface area (Å²) in [5.41, 5.74) is 2.39. The molecule has 2 aromatic rings. The summed E-state index contributed by atoms with van der Waals surface area (Å²) in [7, 11) is 0. The first-order valence-electron chi connectivity index (χ1n) is 7.50. The van der Waals surface area contributed by atoms with Gasteiger partial charge in [0.2, 0.25) is 0 Å². The summed E-state index contributed by atoms with van der Waals surface area (Å²) in [4.78, 5) is 3.99. The van der Waals surface area contributed by atoms with Crippen LogP contribution in [-0.4, -0.2) is 16.1 Å². The average molecular weight is 313 g/mol. The summed E-state index contributed by atoms with van der Waals surface area (Å²) in [5.74, 6) is 0. The normalized spacial score (nSPS) is 12.5. The first-order chi connectivity index (χ1) is 10.5. The Hall–Kier alpha value is -1.94. The average Bonchev–Trinajstić information content (AvgIpc) is 2.48. The Morgan fingerprint density at radius 1 is 1.14 bits per heavy atom. The van der Waals surface area contributed by atoms with Gasteiger partial charge in [0.15, 0.2) is 5.11 Å². The van der Waals surface area contributed by atoms with Gasteiger partial charge >= 0.3 is 0 Å². The fraction of sp³-hybridized carbons (Fsp3) is 0.333. The SMILES string of the molecule is C[C@@H](CC(C)(C)c1ccccc1)NC(=S)Nc1ccncc1. The van der Waals surface area contributed by atoms with E-state index in [0.29, 0.717) is 5.11 Å². The minimum atomic E-state index is 0.0972. The molecule has 1 aromatic carbocycles. The molecule has 0 bridgehead atoms. The number of hydrogen-bond acceptors (Lipinski definition) is 2. The second-order valence-corrected chi connectivity index (χ2v) is 6.60. The fourth-order valence-electron chi connectivity index (χ4n) is 2.65. The van der Waals surface area contributed by atoms with E-state index in [4.69, 9.17) is 12.2 Å². The number of nitrogens with zero attached hydrogens (tertiary/aromatic N) is 1. The van der Waals surface area contributed by atoms with E-state index in [0.717, 1.165) is 12.1 Å². The maximum Gasteiger partial charge on any atom is 0.170 e. The smallest absolute Gasteiger partial charge is 0.170 e. The third kappa shape index (κ3) is 4.81. The van der Waals surface area contributed by atoms with Crippen molar-refractivity contribution in [2.24, 2.45) is 0 Å². The highest BCUT2D eigenvalue weighted by molar-refractivity contribution is 7.80. The quantitative estimate of drug-likeness (QED) is 0.814. The van der Waals surface area contributed by atoms with Crippen LogP contribution in [0.1, 0.15) is 32.8 Å². The molecule has 3 nitrogen and oxygen atoms in total. The Bertz CT molecular complexity index is 596. The predicted octanol–water partition coefficient (Wildman–Crippen LogP) is 4.12. The van der Waals surface area contributed by atoms with Gasteiger partial charge in [-0.2, -0.15) is 0 Å². The zero-order valence-electron chi connectivity index (χ0n) is 13.3.